The van der Waals surface area contributed by atoms with Crippen molar-refractivity contribution in [1.29, 1.82) is 0 Å². The van der Waals surface area contributed by atoms with Gasteiger partial charge in [0.2, 0.25) is 0 Å². The first-order valence-corrected chi connectivity index (χ1v) is 10.5. The lowest BCUT2D eigenvalue weighted by Gasteiger charge is -2.10. The highest BCUT2D eigenvalue weighted by molar-refractivity contribution is 6.11. The molecule has 2 amide bonds. The molecule has 0 saturated heterocycles. The van der Waals surface area contributed by atoms with Crippen molar-refractivity contribution >= 4 is 23.2 Å². The Hall–Kier alpha value is -4.54. The lowest BCUT2D eigenvalue weighted by molar-refractivity contribution is 0.101. The van der Waals surface area contributed by atoms with Crippen molar-refractivity contribution < 1.29 is 23.1 Å². The Morgan fingerprint density at radius 2 is 1.66 bits per heavy atom. The summed E-state index contributed by atoms with van der Waals surface area (Å²) in [5.41, 5.74) is 2.59. The number of benzene rings is 2. The van der Waals surface area contributed by atoms with Gasteiger partial charge in [0.1, 0.15) is 18.1 Å². The third-order valence-corrected chi connectivity index (χ3v) is 5.36. The SMILES string of the molecule is Cc1c(NC(=O)c2c(NC(=O)c3cccc(COc4ccc(F)cc4F)c3)cnn2C)cnn1C. The molecule has 0 bridgehead atoms. The molecule has 0 aliphatic carbocycles. The van der Waals surface area contributed by atoms with Crippen LogP contribution in [0.3, 0.4) is 0 Å². The van der Waals surface area contributed by atoms with Crippen molar-refractivity contribution in [2.45, 2.75) is 13.5 Å². The Labute approximate surface area is 199 Å². The summed E-state index contributed by atoms with van der Waals surface area (Å²) < 4.78 is 35.3. The van der Waals surface area contributed by atoms with Gasteiger partial charge in [-0.05, 0) is 36.8 Å². The Balaban J connectivity index is 1.46. The highest BCUT2D eigenvalue weighted by Gasteiger charge is 2.21. The van der Waals surface area contributed by atoms with Crippen LogP contribution in [0, 0.1) is 18.6 Å². The number of nitrogens with one attached hydrogen (secondary N) is 2. The van der Waals surface area contributed by atoms with Crippen molar-refractivity contribution in [1.82, 2.24) is 19.6 Å². The molecule has 0 spiro atoms. The third-order valence-electron chi connectivity index (χ3n) is 5.36. The van der Waals surface area contributed by atoms with Crippen molar-refractivity contribution in [2.24, 2.45) is 14.1 Å². The molecule has 2 N–H and O–H groups in total. The fraction of sp³-hybridized carbons (Fsp3) is 0.167. The zero-order chi connectivity index (χ0) is 25.1. The topological polar surface area (TPSA) is 103 Å². The summed E-state index contributed by atoms with van der Waals surface area (Å²) in [7, 11) is 3.35. The zero-order valence-electron chi connectivity index (χ0n) is 19.2. The molecule has 9 nitrogen and oxygen atoms in total. The van der Waals surface area contributed by atoms with Crippen LogP contribution < -0.4 is 15.4 Å². The quantitative estimate of drug-likeness (QED) is 0.419. The second-order valence-electron chi connectivity index (χ2n) is 7.77. The molecule has 0 saturated carbocycles. The number of carbonyl (C=O) groups excluding carboxylic acids is 2. The highest BCUT2D eigenvalue weighted by Crippen LogP contribution is 2.21. The fourth-order valence-electron chi connectivity index (χ4n) is 3.35. The lowest BCUT2D eigenvalue weighted by Crippen LogP contribution is -2.20. The number of ether oxygens (including phenoxy) is 1. The molecule has 0 atom stereocenters. The number of halogens is 2. The summed E-state index contributed by atoms with van der Waals surface area (Å²) in [5.74, 6) is -2.55. The summed E-state index contributed by atoms with van der Waals surface area (Å²) in [4.78, 5) is 25.8. The summed E-state index contributed by atoms with van der Waals surface area (Å²) in [5, 5.41) is 13.7. The van der Waals surface area contributed by atoms with Crippen LogP contribution in [-0.4, -0.2) is 31.4 Å². The van der Waals surface area contributed by atoms with Gasteiger partial charge >= 0.3 is 0 Å². The molecular weight excluding hydrogens is 458 g/mol. The zero-order valence-corrected chi connectivity index (χ0v) is 19.2. The summed E-state index contributed by atoms with van der Waals surface area (Å²) in [6, 6.07) is 9.55. The number of hydrogen-bond donors (Lipinski definition) is 2. The monoisotopic (exact) mass is 480 g/mol. The molecule has 0 unspecified atom stereocenters. The first-order chi connectivity index (χ1) is 16.7. The van der Waals surface area contributed by atoms with Gasteiger partial charge in [-0.25, -0.2) is 8.78 Å². The Kier molecular flexibility index (Phi) is 6.58. The van der Waals surface area contributed by atoms with Crippen LogP contribution >= 0.6 is 0 Å². The molecule has 0 aliphatic rings. The van der Waals surface area contributed by atoms with Crippen LogP contribution in [0.4, 0.5) is 20.2 Å². The maximum atomic E-state index is 13.8. The van der Waals surface area contributed by atoms with Gasteiger partial charge in [0.15, 0.2) is 11.6 Å². The van der Waals surface area contributed by atoms with Gasteiger partial charge in [0.25, 0.3) is 11.8 Å². The molecule has 2 aromatic carbocycles. The molecule has 0 radical (unpaired) electrons. The highest BCUT2D eigenvalue weighted by atomic mass is 19.1. The molecule has 0 aliphatic heterocycles. The standard InChI is InChI=1S/C24H22F2N6O3/c1-14-19(11-27-31(14)2)29-24(34)22-20(12-28-32(22)3)30-23(33)16-6-4-5-15(9-16)13-35-21-8-7-17(25)10-18(21)26/h4-12H,13H2,1-3H3,(H,29,34)(H,30,33). The smallest absolute Gasteiger partial charge is 0.276 e. The number of anilines is 2. The predicted octanol–water partition coefficient (Wildman–Crippen LogP) is 3.82. The second kappa shape index (κ2) is 9.75. The van der Waals surface area contributed by atoms with E-state index in [1.54, 1.807) is 43.0 Å². The van der Waals surface area contributed by atoms with Crippen molar-refractivity contribution in [3.05, 3.63) is 89.0 Å². The lowest BCUT2D eigenvalue weighted by atomic mass is 10.1. The first kappa shape index (κ1) is 23.6. The molecule has 11 heteroatoms. The Bertz CT molecular complexity index is 1410. The largest absolute Gasteiger partial charge is 0.486 e. The summed E-state index contributed by atoms with van der Waals surface area (Å²) in [6.45, 7) is 1.78. The number of carbonyl (C=O) groups is 2. The maximum Gasteiger partial charge on any atom is 0.276 e. The normalized spacial score (nSPS) is 10.8. The van der Waals surface area contributed by atoms with Crippen molar-refractivity contribution in [3.8, 4) is 5.75 Å². The fourth-order valence-corrected chi connectivity index (χ4v) is 3.35. The van der Waals surface area contributed by atoms with Crippen molar-refractivity contribution in [3.63, 3.8) is 0 Å². The second-order valence-corrected chi connectivity index (χ2v) is 7.77. The minimum Gasteiger partial charge on any atom is -0.486 e. The number of nitrogens with zero attached hydrogens (tertiary/aromatic N) is 4. The molecule has 4 aromatic rings. The van der Waals surface area contributed by atoms with Gasteiger partial charge in [-0.1, -0.05) is 12.1 Å². The third kappa shape index (κ3) is 5.18. The van der Waals surface area contributed by atoms with Crippen LogP contribution in [0.15, 0.2) is 54.9 Å². The van der Waals surface area contributed by atoms with E-state index in [2.05, 4.69) is 20.8 Å². The maximum absolute atomic E-state index is 13.8. The Morgan fingerprint density at radius 1 is 0.943 bits per heavy atom. The van der Waals surface area contributed by atoms with E-state index < -0.39 is 23.4 Å². The Morgan fingerprint density at radius 3 is 2.37 bits per heavy atom. The van der Waals surface area contributed by atoms with Crippen LogP contribution in [0.5, 0.6) is 5.75 Å². The van der Waals surface area contributed by atoms with Gasteiger partial charge in [-0.2, -0.15) is 10.2 Å². The summed E-state index contributed by atoms with van der Waals surface area (Å²) in [6.07, 6.45) is 2.92. The van der Waals surface area contributed by atoms with E-state index in [0.717, 1.165) is 17.8 Å². The van der Waals surface area contributed by atoms with Crippen molar-refractivity contribution in [2.75, 3.05) is 10.6 Å². The molecular formula is C24H22F2N6O3. The predicted molar refractivity (Wildman–Crippen MR) is 124 cm³/mol. The number of amides is 2. The van der Waals surface area contributed by atoms with Gasteiger partial charge < -0.3 is 15.4 Å². The van der Waals surface area contributed by atoms with Crippen LogP contribution in [0.25, 0.3) is 0 Å². The van der Waals surface area contributed by atoms with Crippen LogP contribution in [0.1, 0.15) is 32.1 Å². The van der Waals surface area contributed by atoms with Gasteiger partial charge in [0.05, 0.1) is 29.5 Å². The molecule has 180 valence electrons. The minimum absolute atomic E-state index is 0.0331. The van der Waals surface area contributed by atoms with Crippen LogP contribution in [-0.2, 0) is 20.7 Å². The van der Waals surface area contributed by atoms with E-state index in [4.69, 9.17) is 4.74 Å². The van der Waals surface area contributed by atoms with Gasteiger partial charge in [0, 0.05) is 25.7 Å². The van der Waals surface area contributed by atoms with E-state index in [9.17, 15) is 18.4 Å². The van der Waals surface area contributed by atoms with E-state index in [0.29, 0.717) is 16.8 Å². The van der Waals surface area contributed by atoms with E-state index in [1.165, 1.54) is 23.1 Å². The number of aromatic nitrogens is 4. The van der Waals surface area contributed by atoms with Gasteiger partial charge in [-0.15, -0.1) is 0 Å². The summed E-state index contributed by atoms with van der Waals surface area (Å²) >= 11 is 0. The first-order valence-electron chi connectivity index (χ1n) is 10.5. The average molecular weight is 480 g/mol. The minimum atomic E-state index is -0.817. The van der Waals surface area contributed by atoms with E-state index >= 15 is 0 Å². The molecule has 0 fully saturated rings. The van der Waals surface area contributed by atoms with Gasteiger partial charge in [-0.3, -0.25) is 19.0 Å². The number of aryl methyl sites for hydroxylation is 2. The number of rotatable bonds is 7. The molecule has 35 heavy (non-hydrogen) atoms. The molecule has 4 rings (SSSR count). The molecule has 2 heterocycles. The van der Waals surface area contributed by atoms with Crippen LogP contribution in [0.2, 0.25) is 0 Å². The van der Waals surface area contributed by atoms with E-state index in [1.807, 2.05) is 6.92 Å². The average Bonchev–Trinajstić information content (AvgIpc) is 3.35. The van der Waals surface area contributed by atoms with E-state index in [-0.39, 0.29) is 23.7 Å². The molecule has 2 aromatic heterocycles. The number of hydrogen-bond acceptors (Lipinski definition) is 5.